The second-order valence-electron chi connectivity index (χ2n) is 5.59. The van der Waals surface area contributed by atoms with Crippen LogP contribution in [-0.4, -0.2) is 16.5 Å². The Morgan fingerprint density at radius 1 is 1.04 bits per heavy atom. The summed E-state index contributed by atoms with van der Waals surface area (Å²) in [5.41, 5.74) is 4.45. The van der Waals surface area contributed by atoms with Crippen LogP contribution in [0.1, 0.15) is 27.0 Å². The molecule has 1 saturated heterocycles. The first-order valence-electron chi connectivity index (χ1n) is 7.40. The number of hydrogen-bond donors (Lipinski definition) is 0. The van der Waals surface area contributed by atoms with Gasteiger partial charge in [0.05, 0.1) is 10.6 Å². The predicted octanol–water partition coefficient (Wildman–Crippen LogP) is 4.52. The van der Waals surface area contributed by atoms with Gasteiger partial charge < -0.3 is 0 Å². The van der Waals surface area contributed by atoms with Gasteiger partial charge in [-0.25, -0.2) is 0 Å². The maximum Gasteiger partial charge on any atom is 0.270 e. The van der Waals surface area contributed by atoms with E-state index in [-0.39, 0.29) is 5.91 Å². The van der Waals surface area contributed by atoms with E-state index in [9.17, 15) is 9.59 Å². The van der Waals surface area contributed by atoms with E-state index in [0.29, 0.717) is 14.8 Å². The van der Waals surface area contributed by atoms with Gasteiger partial charge in [0.2, 0.25) is 0 Å². The van der Waals surface area contributed by atoms with Gasteiger partial charge in [-0.05, 0) is 37.1 Å². The Kier molecular flexibility index (Phi) is 4.64. The largest absolute Gasteiger partial charge is 0.298 e. The van der Waals surface area contributed by atoms with E-state index in [1.54, 1.807) is 23.1 Å². The van der Waals surface area contributed by atoms with Gasteiger partial charge in [-0.1, -0.05) is 65.9 Å². The average Bonchev–Trinajstić information content (AvgIpc) is 2.83. The molecule has 1 aliphatic rings. The minimum absolute atomic E-state index is 0.114. The van der Waals surface area contributed by atoms with E-state index < -0.39 is 0 Å². The van der Waals surface area contributed by atoms with Gasteiger partial charge in [-0.3, -0.25) is 14.5 Å². The lowest BCUT2D eigenvalue weighted by Crippen LogP contribution is -2.28. The Bertz CT molecular complexity index is 869. The molecule has 3 rings (SSSR count). The number of aldehydes is 1. The SMILES string of the molecule is Cc1ccc(N2C(=O)/C(=C\c3ccc(C=O)cc3)SC2=S)c(C)c1. The number of rotatable bonds is 3. The van der Waals surface area contributed by atoms with Crippen molar-refractivity contribution in [3.8, 4) is 0 Å². The van der Waals surface area contributed by atoms with Crippen molar-refractivity contribution in [2.24, 2.45) is 0 Å². The maximum absolute atomic E-state index is 12.8. The molecule has 0 aromatic heterocycles. The number of carbonyl (C=O) groups excluding carboxylic acids is 2. The standard InChI is InChI=1S/C19H15NO2S2/c1-12-3-8-16(13(2)9-12)20-18(22)17(24-19(20)23)10-14-4-6-15(11-21)7-5-14/h3-11H,1-2H3/b17-10+. The van der Waals surface area contributed by atoms with Crippen molar-refractivity contribution in [3.63, 3.8) is 0 Å². The number of thioether (sulfide) groups is 1. The van der Waals surface area contributed by atoms with Crippen LogP contribution in [0.3, 0.4) is 0 Å². The molecule has 1 aliphatic heterocycles. The Labute approximate surface area is 150 Å². The monoisotopic (exact) mass is 353 g/mol. The van der Waals surface area contributed by atoms with Gasteiger partial charge in [0.1, 0.15) is 6.29 Å². The topological polar surface area (TPSA) is 37.4 Å². The number of amides is 1. The van der Waals surface area contributed by atoms with Crippen LogP contribution in [0.15, 0.2) is 47.4 Å². The van der Waals surface area contributed by atoms with Crippen molar-refractivity contribution in [2.45, 2.75) is 13.8 Å². The van der Waals surface area contributed by atoms with Gasteiger partial charge in [-0.2, -0.15) is 0 Å². The van der Waals surface area contributed by atoms with Crippen LogP contribution >= 0.6 is 24.0 Å². The molecule has 120 valence electrons. The highest BCUT2D eigenvalue weighted by Crippen LogP contribution is 2.37. The Morgan fingerprint density at radius 3 is 2.33 bits per heavy atom. The summed E-state index contributed by atoms with van der Waals surface area (Å²) >= 11 is 6.70. The van der Waals surface area contributed by atoms with Crippen LogP contribution in [0.5, 0.6) is 0 Å². The average molecular weight is 353 g/mol. The lowest BCUT2D eigenvalue weighted by Gasteiger charge is -2.17. The van der Waals surface area contributed by atoms with Crippen LogP contribution in [-0.2, 0) is 4.79 Å². The highest BCUT2D eigenvalue weighted by Gasteiger charge is 2.33. The van der Waals surface area contributed by atoms with Gasteiger partial charge in [-0.15, -0.1) is 0 Å². The predicted molar refractivity (Wildman–Crippen MR) is 103 cm³/mol. The first-order chi connectivity index (χ1) is 11.5. The van der Waals surface area contributed by atoms with Crippen LogP contribution in [0.4, 0.5) is 5.69 Å². The Morgan fingerprint density at radius 2 is 1.71 bits per heavy atom. The molecule has 3 nitrogen and oxygen atoms in total. The number of hydrogen-bond acceptors (Lipinski definition) is 4. The van der Waals surface area contributed by atoms with Gasteiger partial charge in [0, 0.05) is 5.56 Å². The fourth-order valence-corrected chi connectivity index (χ4v) is 3.84. The molecule has 2 aromatic rings. The van der Waals surface area contributed by atoms with Crippen molar-refractivity contribution in [1.82, 2.24) is 0 Å². The third-order valence-electron chi connectivity index (χ3n) is 3.76. The summed E-state index contributed by atoms with van der Waals surface area (Å²) < 4.78 is 0.530. The third-order valence-corrected chi connectivity index (χ3v) is 5.06. The quantitative estimate of drug-likeness (QED) is 0.462. The molecule has 2 aromatic carbocycles. The fourth-order valence-electron chi connectivity index (χ4n) is 2.55. The lowest BCUT2D eigenvalue weighted by atomic mass is 10.1. The first-order valence-corrected chi connectivity index (χ1v) is 8.62. The molecule has 0 saturated carbocycles. The van der Waals surface area contributed by atoms with E-state index in [1.165, 1.54) is 11.8 Å². The molecule has 0 radical (unpaired) electrons. The molecule has 1 heterocycles. The minimum Gasteiger partial charge on any atom is -0.298 e. The molecule has 0 N–H and O–H groups in total. The molecule has 0 bridgehead atoms. The van der Waals surface area contributed by atoms with Crippen LogP contribution in [0.25, 0.3) is 6.08 Å². The highest BCUT2D eigenvalue weighted by molar-refractivity contribution is 8.27. The zero-order valence-corrected chi connectivity index (χ0v) is 14.9. The van der Waals surface area contributed by atoms with Crippen molar-refractivity contribution in [1.29, 1.82) is 0 Å². The molecule has 0 atom stereocenters. The van der Waals surface area contributed by atoms with E-state index in [2.05, 4.69) is 0 Å². The van der Waals surface area contributed by atoms with E-state index in [1.807, 2.05) is 44.2 Å². The number of anilines is 1. The van der Waals surface area contributed by atoms with Gasteiger partial charge in [0.15, 0.2) is 4.32 Å². The van der Waals surface area contributed by atoms with E-state index >= 15 is 0 Å². The van der Waals surface area contributed by atoms with E-state index in [0.717, 1.165) is 28.7 Å². The second-order valence-corrected chi connectivity index (χ2v) is 7.27. The molecule has 1 amide bonds. The zero-order chi connectivity index (χ0) is 17.3. The second kappa shape index (κ2) is 6.71. The van der Waals surface area contributed by atoms with Crippen molar-refractivity contribution in [3.05, 3.63) is 69.6 Å². The highest BCUT2D eigenvalue weighted by atomic mass is 32.2. The normalized spacial score (nSPS) is 16.1. The first kappa shape index (κ1) is 16.6. The van der Waals surface area contributed by atoms with E-state index in [4.69, 9.17) is 12.2 Å². The molecular weight excluding hydrogens is 338 g/mol. The molecule has 0 spiro atoms. The zero-order valence-electron chi connectivity index (χ0n) is 13.3. The molecule has 5 heteroatoms. The van der Waals surface area contributed by atoms with Crippen molar-refractivity contribution in [2.75, 3.05) is 4.90 Å². The number of aryl methyl sites for hydroxylation is 2. The number of carbonyl (C=O) groups is 2. The summed E-state index contributed by atoms with van der Waals surface area (Å²) in [7, 11) is 0. The maximum atomic E-state index is 12.8. The lowest BCUT2D eigenvalue weighted by molar-refractivity contribution is -0.113. The van der Waals surface area contributed by atoms with Crippen LogP contribution in [0.2, 0.25) is 0 Å². The van der Waals surface area contributed by atoms with Crippen LogP contribution in [0, 0.1) is 13.8 Å². The van der Waals surface area contributed by atoms with Crippen molar-refractivity contribution < 1.29 is 9.59 Å². The Hall–Kier alpha value is -2.24. The number of nitrogens with zero attached hydrogens (tertiary/aromatic N) is 1. The summed E-state index contributed by atoms with van der Waals surface area (Å²) in [6.07, 6.45) is 2.60. The van der Waals surface area contributed by atoms with Crippen LogP contribution < -0.4 is 4.90 Å². The summed E-state index contributed by atoms with van der Waals surface area (Å²) in [6.45, 7) is 3.99. The molecule has 0 unspecified atom stereocenters. The fraction of sp³-hybridized carbons (Fsp3) is 0.105. The molecule has 0 aliphatic carbocycles. The minimum atomic E-state index is -0.114. The third kappa shape index (κ3) is 3.18. The smallest absolute Gasteiger partial charge is 0.270 e. The molecule has 24 heavy (non-hydrogen) atoms. The summed E-state index contributed by atoms with van der Waals surface area (Å²) in [5, 5.41) is 0. The number of thiocarbonyl (C=S) groups is 1. The van der Waals surface area contributed by atoms with Gasteiger partial charge >= 0.3 is 0 Å². The molecule has 1 fully saturated rings. The summed E-state index contributed by atoms with van der Waals surface area (Å²) in [5.74, 6) is -0.114. The summed E-state index contributed by atoms with van der Waals surface area (Å²) in [4.78, 5) is 25.7. The molecular formula is C19H15NO2S2. The van der Waals surface area contributed by atoms with Crippen molar-refractivity contribution >= 4 is 52.3 Å². The summed E-state index contributed by atoms with van der Waals surface area (Å²) in [6, 6.07) is 13.0. The Balaban J connectivity index is 1.93. The van der Waals surface area contributed by atoms with Gasteiger partial charge in [0.25, 0.3) is 5.91 Å². The number of benzene rings is 2.